The number of phenols is 1. The summed E-state index contributed by atoms with van der Waals surface area (Å²) in [6.07, 6.45) is 1.40. The summed E-state index contributed by atoms with van der Waals surface area (Å²) in [7, 11) is 1.47. The average Bonchev–Trinajstić information content (AvgIpc) is 2.50. The molecule has 1 aromatic heterocycles. The highest BCUT2D eigenvalue weighted by Crippen LogP contribution is 2.33. The molecule has 0 saturated carbocycles. The predicted octanol–water partition coefficient (Wildman–Crippen LogP) is 3.54. The number of aromatic nitrogens is 2. The number of hydrogen-bond donors (Lipinski definition) is 2. The van der Waals surface area contributed by atoms with Gasteiger partial charge in [-0.05, 0) is 36.8 Å². The second kappa shape index (κ2) is 5.48. The number of benzene rings is 2. The Balaban J connectivity index is 2.08. The van der Waals surface area contributed by atoms with Gasteiger partial charge in [-0.1, -0.05) is 0 Å². The molecule has 0 amide bonds. The van der Waals surface area contributed by atoms with Crippen molar-refractivity contribution in [1.29, 1.82) is 0 Å². The van der Waals surface area contributed by atoms with Crippen LogP contribution in [0.4, 0.5) is 15.9 Å². The molecule has 1 heterocycles. The van der Waals surface area contributed by atoms with Crippen molar-refractivity contribution < 1.29 is 14.2 Å². The SMILES string of the molecule is COc1cc2c(Nc3ccc(F)c(C)c3)ncnc2cc1O. The van der Waals surface area contributed by atoms with Crippen molar-refractivity contribution in [3.05, 3.63) is 48.0 Å². The van der Waals surface area contributed by atoms with Crippen molar-refractivity contribution in [2.75, 3.05) is 12.4 Å². The normalized spacial score (nSPS) is 10.7. The first-order chi connectivity index (χ1) is 10.6. The van der Waals surface area contributed by atoms with Gasteiger partial charge in [0, 0.05) is 17.1 Å². The molecule has 2 N–H and O–H groups in total. The molecule has 112 valence electrons. The molecule has 3 aromatic rings. The molecule has 0 saturated heterocycles. The van der Waals surface area contributed by atoms with Gasteiger partial charge < -0.3 is 15.2 Å². The third-order valence-corrected chi connectivity index (χ3v) is 3.36. The second-order valence-electron chi connectivity index (χ2n) is 4.85. The highest BCUT2D eigenvalue weighted by Gasteiger charge is 2.10. The number of anilines is 2. The maximum Gasteiger partial charge on any atom is 0.161 e. The number of nitrogens with zero attached hydrogens (tertiary/aromatic N) is 2. The molecule has 0 bridgehead atoms. The van der Waals surface area contributed by atoms with Crippen LogP contribution in [0.2, 0.25) is 0 Å². The number of hydrogen-bond acceptors (Lipinski definition) is 5. The Morgan fingerprint density at radius 3 is 2.73 bits per heavy atom. The molecule has 0 radical (unpaired) electrons. The van der Waals surface area contributed by atoms with Crippen LogP contribution in [0.15, 0.2) is 36.7 Å². The molecule has 22 heavy (non-hydrogen) atoms. The van der Waals surface area contributed by atoms with Gasteiger partial charge in [-0.25, -0.2) is 14.4 Å². The number of phenolic OH excluding ortho intramolecular Hbond substituents is 1. The van der Waals surface area contributed by atoms with E-state index in [0.29, 0.717) is 33.7 Å². The van der Waals surface area contributed by atoms with Gasteiger partial charge in [0.2, 0.25) is 0 Å². The van der Waals surface area contributed by atoms with Gasteiger partial charge in [-0.3, -0.25) is 0 Å². The maximum absolute atomic E-state index is 13.3. The zero-order valence-electron chi connectivity index (χ0n) is 12.1. The maximum atomic E-state index is 13.3. The number of halogens is 1. The first kappa shape index (κ1) is 14.1. The van der Waals surface area contributed by atoms with Crippen LogP contribution < -0.4 is 10.1 Å². The summed E-state index contributed by atoms with van der Waals surface area (Å²) in [4.78, 5) is 8.33. The van der Waals surface area contributed by atoms with E-state index in [1.54, 1.807) is 25.1 Å². The van der Waals surface area contributed by atoms with E-state index in [9.17, 15) is 9.50 Å². The van der Waals surface area contributed by atoms with Crippen LogP contribution in [-0.2, 0) is 0 Å². The summed E-state index contributed by atoms with van der Waals surface area (Å²) in [5.74, 6) is 0.636. The molecular weight excluding hydrogens is 285 g/mol. The van der Waals surface area contributed by atoms with Crippen LogP contribution in [0.5, 0.6) is 11.5 Å². The molecule has 0 aliphatic carbocycles. The fourth-order valence-electron chi connectivity index (χ4n) is 2.19. The second-order valence-corrected chi connectivity index (χ2v) is 4.85. The van der Waals surface area contributed by atoms with E-state index >= 15 is 0 Å². The van der Waals surface area contributed by atoms with E-state index in [1.165, 1.54) is 25.6 Å². The van der Waals surface area contributed by atoms with Crippen LogP contribution in [0.1, 0.15) is 5.56 Å². The molecule has 0 aliphatic heterocycles. The lowest BCUT2D eigenvalue weighted by Crippen LogP contribution is -1.97. The van der Waals surface area contributed by atoms with Gasteiger partial charge in [0.05, 0.1) is 12.6 Å². The van der Waals surface area contributed by atoms with Gasteiger partial charge in [0.1, 0.15) is 18.0 Å². The molecular formula is C16H14FN3O2. The molecule has 0 atom stereocenters. The van der Waals surface area contributed by atoms with Crippen molar-refractivity contribution in [2.24, 2.45) is 0 Å². The molecule has 5 nitrogen and oxygen atoms in total. The minimum absolute atomic E-state index is 0.0114. The van der Waals surface area contributed by atoms with Crippen LogP contribution in [0.25, 0.3) is 10.9 Å². The highest BCUT2D eigenvalue weighted by atomic mass is 19.1. The van der Waals surface area contributed by atoms with E-state index in [1.807, 2.05) is 0 Å². The molecule has 0 unspecified atom stereocenters. The Kier molecular flexibility index (Phi) is 3.50. The summed E-state index contributed by atoms with van der Waals surface area (Å²) >= 11 is 0. The summed E-state index contributed by atoms with van der Waals surface area (Å²) in [6, 6.07) is 7.89. The summed E-state index contributed by atoms with van der Waals surface area (Å²) < 4.78 is 18.4. The van der Waals surface area contributed by atoms with Crippen LogP contribution in [-0.4, -0.2) is 22.2 Å². The van der Waals surface area contributed by atoms with Crippen LogP contribution in [0.3, 0.4) is 0 Å². The predicted molar refractivity (Wildman–Crippen MR) is 82.2 cm³/mol. The third kappa shape index (κ3) is 2.50. The summed E-state index contributed by atoms with van der Waals surface area (Å²) in [6.45, 7) is 1.69. The van der Waals surface area contributed by atoms with Crippen LogP contribution in [0, 0.1) is 12.7 Å². The molecule has 6 heteroatoms. The van der Waals surface area contributed by atoms with Crippen molar-refractivity contribution >= 4 is 22.4 Å². The van der Waals surface area contributed by atoms with Gasteiger partial charge in [0.15, 0.2) is 11.5 Å². The van der Waals surface area contributed by atoms with E-state index in [0.717, 1.165) is 0 Å². The van der Waals surface area contributed by atoms with Crippen LogP contribution >= 0.6 is 0 Å². The van der Waals surface area contributed by atoms with E-state index in [4.69, 9.17) is 4.74 Å². The van der Waals surface area contributed by atoms with Gasteiger partial charge in [-0.2, -0.15) is 0 Å². The Hall–Kier alpha value is -2.89. The zero-order chi connectivity index (χ0) is 15.7. The first-order valence-electron chi connectivity index (χ1n) is 6.63. The number of fused-ring (bicyclic) bond motifs is 1. The molecule has 0 spiro atoms. The smallest absolute Gasteiger partial charge is 0.161 e. The Morgan fingerprint density at radius 1 is 1.18 bits per heavy atom. The lowest BCUT2D eigenvalue weighted by molar-refractivity contribution is 0.374. The Morgan fingerprint density at radius 2 is 2.00 bits per heavy atom. The third-order valence-electron chi connectivity index (χ3n) is 3.36. The van der Waals surface area contributed by atoms with Crippen molar-refractivity contribution in [1.82, 2.24) is 9.97 Å². The minimum Gasteiger partial charge on any atom is -0.504 e. The van der Waals surface area contributed by atoms with Crippen molar-refractivity contribution in [2.45, 2.75) is 6.92 Å². The number of methoxy groups -OCH3 is 1. The Labute approximate surface area is 126 Å². The van der Waals surface area contributed by atoms with Crippen molar-refractivity contribution in [3.63, 3.8) is 0 Å². The fourth-order valence-corrected chi connectivity index (χ4v) is 2.19. The van der Waals surface area contributed by atoms with E-state index in [-0.39, 0.29) is 11.6 Å². The molecule has 0 fully saturated rings. The standard InChI is InChI=1S/C16H14FN3O2/c1-9-5-10(3-4-12(9)17)20-16-11-6-15(22-2)14(21)7-13(11)18-8-19-16/h3-8,21H,1-2H3,(H,18,19,20). The fraction of sp³-hybridized carbons (Fsp3) is 0.125. The topological polar surface area (TPSA) is 67.3 Å². The number of aromatic hydroxyl groups is 1. The van der Waals surface area contributed by atoms with Gasteiger partial charge >= 0.3 is 0 Å². The molecule has 3 rings (SSSR count). The summed E-state index contributed by atoms with van der Waals surface area (Å²) in [5, 5.41) is 13.6. The average molecular weight is 299 g/mol. The summed E-state index contributed by atoms with van der Waals surface area (Å²) in [5.41, 5.74) is 1.83. The highest BCUT2D eigenvalue weighted by molar-refractivity contribution is 5.92. The molecule has 0 aliphatic rings. The Bertz CT molecular complexity index is 852. The monoisotopic (exact) mass is 299 g/mol. The quantitative estimate of drug-likeness (QED) is 0.774. The number of rotatable bonds is 3. The lowest BCUT2D eigenvalue weighted by atomic mass is 10.2. The number of aryl methyl sites for hydroxylation is 1. The number of ether oxygens (including phenoxy) is 1. The number of nitrogens with one attached hydrogen (secondary N) is 1. The largest absolute Gasteiger partial charge is 0.504 e. The first-order valence-corrected chi connectivity index (χ1v) is 6.63. The van der Waals surface area contributed by atoms with E-state index in [2.05, 4.69) is 15.3 Å². The zero-order valence-corrected chi connectivity index (χ0v) is 12.1. The minimum atomic E-state index is -0.260. The lowest BCUT2D eigenvalue weighted by Gasteiger charge is -2.11. The van der Waals surface area contributed by atoms with Gasteiger partial charge in [0.25, 0.3) is 0 Å². The van der Waals surface area contributed by atoms with Gasteiger partial charge in [-0.15, -0.1) is 0 Å². The van der Waals surface area contributed by atoms with E-state index < -0.39 is 0 Å². The molecule has 2 aromatic carbocycles. The van der Waals surface area contributed by atoms with Crippen molar-refractivity contribution in [3.8, 4) is 11.5 Å².